The standard InChI is InChI=1S/C26H25F2N5OS/c1-25(2,28)21-20(27)13-29-23(30-21)33-14-19-15-35-24(31-22(34)17-9-5-3-6-10-17)32-26(19,16-33)18-11-7-4-8-12-18/h3-13,19H,14-16H2,1-2H3,(H,31,32,34)/t19-,26?/m0/s1. The fourth-order valence-electron chi connectivity index (χ4n) is 4.63. The summed E-state index contributed by atoms with van der Waals surface area (Å²) in [5, 5.41) is 3.51. The first-order chi connectivity index (χ1) is 16.8. The zero-order valence-electron chi connectivity index (χ0n) is 19.4. The molecule has 1 aromatic heterocycles. The van der Waals surface area contributed by atoms with Crippen molar-refractivity contribution >= 4 is 28.8 Å². The van der Waals surface area contributed by atoms with Crippen LogP contribution in [-0.4, -0.2) is 39.9 Å². The first-order valence-electron chi connectivity index (χ1n) is 11.4. The molecule has 9 heteroatoms. The van der Waals surface area contributed by atoms with Crippen molar-refractivity contribution in [2.75, 3.05) is 23.7 Å². The van der Waals surface area contributed by atoms with Gasteiger partial charge in [0.2, 0.25) is 5.95 Å². The van der Waals surface area contributed by atoms with Crippen molar-refractivity contribution in [1.29, 1.82) is 0 Å². The molecule has 0 bridgehead atoms. The number of rotatable bonds is 4. The minimum absolute atomic E-state index is 0.0859. The first-order valence-corrected chi connectivity index (χ1v) is 12.4. The van der Waals surface area contributed by atoms with Gasteiger partial charge in [-0.25, -0.2) is 23.7 Å². The molecule has 2 aliphatic rings. The maximum atomic E-state index is 14.6. The van der Waals surface area contributed by atoms with Crippen molar-refractivity contribution < 1.29 is 13.6 Å². The van der Waals surface area contributed by atoms with Gasteiger partial charge in [-0.2, -0.15) is 0 Å². The number of hydrogen-bond donors (Lipinski definition) is 1. The Morgan fingerprint density at radius 3 is 2.51 bits per heavy atom. The highest BCUT2D eigenvalue weighted by atomic mass is 32.2. The lowest BCUT2D eigenvalue weighted by molar-refractivity contribution is 0.0977. The predicted molar refractivity (Wildman–Crippen MR) is 134 cm³/mol. The van der Waals surface area contributed by atoms with E-state index in [4.69, 9.17) is 4.99 Å². The third-order valence-corrected chi connectivity index (χ3v) is 7.41. The Kier molecular flexibility index (Phi) is 6.04. The van der Waals surface area contributed by atoms with Gasteiger partial charge in [0.05, 0.1) is 12.7 Å². The van der Waals surface area contributed by atoms with Crippen LogP contribution >= 0.6 is 11.8 Å². The summed E-state index contributed by atoms with van der Waals surface area (Å²) in [5.41, 5.74) is -1.29. The van der Waals surface area contributed by atoms with Gasteiger partial charge in [-0.05, 0) is 31.5 Å². The second-order valence-electron chi connectivity index (χ2n) is 9.25. The molecular formula is C26H25F2N5OS. The van der Waals surface area contributed by atoms with Crippen LogP contribution in [0.15, 0.2) is 71.9 Å². The van der Waals surface area contributed by atoms with Gasteiger partial charge >= 0.3 is 0 Å². The summed E-state index contributed by atoms with van der Waals surface area (Å²) < 4.78 is 28.8. The van der Waals surface area contributed by atoms with Crippen molar-refractivity contribution in [1.82, 2.24) is 15.3 Å². The van der Waals surface area contributed by atoms with Crippen LogP contribution in [0.1, 0.15) is 35.5 Å². The van der Waals surface area contributed by atoms with E-state index in [2.05, 4.69) is 15.3 Å². The molecule has 180 valence electrons. The van der Waals surface area contributed by atoms with Gasteiger partial charge in [0.15, 0.2) is 11.0 Å². The highest BCUT2D eigenvalue weighted by molar-refractivity contribution is 8.13. The van der Waals surface area contributed by atoms with Gasteiger partial charge in [-0.1, -0.05) is 60.3 Å². The zero-order chi connectivity index (χ0) is 24.6. The number of amides is 1. The van der Waals surface area contributed by atoms with Crippen LogP contribution < -0.4 is 10.2 Å². The molecule has 1 saturated heterocycles. The van der Waals surface area contributed by atoms with Crippen molar-refractivity contribution in [2.45, 2.75) is 25.1 Å². The fourth-order valence-corrected chi connectivity index (χ4v) is 5.76. The van der Waals surface area contributed by atoms with Gasteiger partial charge < -0.3 is 10.2 Å². The van der Waals surface area contributed by atoms with E-state index < -0.39 is 17.0 Å². The molecule has 0 radical (unpaired) electrons. The average Bonchev–Trinajstić information content (AvgIpc) is 3.25. The lowest BCUT2D eigenvalue weighted by Crippen LogP contribution is -2.42. The van der Waals surface area contributed by atoms with Crippen LogP contribution in [-0.2, 0) is 11.2 Å². The maximum Gasteiger partial charge on any atom is 0.257 e. The lowest BCUT2D eigenvalue weighted by Gasteiger charge is -2.35. The number of carbonyl (C=O) groups is 1. The van der Waals surface area contributed by atoms with E-state index in [0.29, 0.717) is 29.6 Å². The Morgan fingerprint density at radius 1 is 1.14 bits per heavy atom. The molecule has 1 N–H and O–H groups in total. The number of anilines is 1. The molecule has 6 nitrogen and oxygen atoms in total. The number of nitrogens with one attached hydrogen (secondary N) is 1. The predicted octanol–water partition coefficient (Wildman–Crippen LogP) is 4.68. The number of carbonyl (C=O) groups excluding carboxylic acids is 1. The van der Waals surface area contributed by atoms with Crippen LogP contribution in [0.5, 0.6) is 0 Å². The summed E-state index contributed by atoms with van der Waals surface area (Å²) >= 11 is 1.49. The number of aromatic nitrogens is 2. The van der Waals surface area contributed by atoms with E-state index in [1.807, 2.05) is 53.4 Å². The molecule has 2 atom stereocenters. The number of thioether (sulfide) groups is 1. The number of hydrogen-bond acceptors (Lipinski definition) is 6. The minimum atomic E-state index is -1.94. The van der Waals surface area contributed by atoms with E-state index in [1.165, 1.54) is 25.6 Å². The van der Waals surface area contributed by atoms with Gasteiger partial charge in [0.25, 0.3) is 5.91 Å². The van der Waals surface area contributed by atoms with Crippen LogP contribution in [0.4, 0.5) is 14.7 Å². The fraction of sp³-hybridized carbons (Fsp3) is 0.308. The van der Waals surface area contributed by atoms with Crippen LogP contribution in [0.3, 0.4) is 0 Å². The van der Waals surface area contributed by atoms with Gasteiger partial charge in [-0.3, -0.25) is 4.79 Å². The zero-order valence-corrected chi connectivity index (χ0v) is 20.2. The number of amidine groups is 1. The molecule has 3 heterocycles. The molecular weight excluding hydrogens is 468 g/mol. The summed E-state index contributed by atoms with van der Waals surface area (Å²) in [6.07, 6.45) is 1.03. The Morgan fingerprint density at radius 2 is 1.83 bits per heavy atom. The molecule has 1 fully saturated rings. The van der Waals surface area contributed by atoms with Crippen molar-refractivity contribution in [3.63, 3.8) is 0 Å². The van der Waals surface area contributed by atoms with E-state index in [1.54, 1.807) is 12.1 Å². The Bertz CT molecular complexity index is 1270. The highest BCUT2D eigenvalue weighted by Gasteiger charge is 2.51. The van der Waals surface area contributed by atoms with E-state index in [-0.39, 0.29) is 23.5 Å². The topological polar surface area (TPSA) is 70.5 Å². The number of benzene rings is 2. The second-order valence-corrected chi connectivity index (χ2v) is 10.3. The molecule has 0 aliphatic carbocycles. The normalized spacial score (nSPS) is 21.9. The van der Waals surface area contributed by atoms with Crippen LogP contribution in [0.2, 0.25) is 0 Å². The molecule has 3 aromatic rings. The third-order valence-electron chi connectivity index (χ3n) is 6.38. The monoisotopic (exact) mass is 493 g/mol. The maximum absolute atomic E-state index is 14.6. The number of halogens is 2. The summed E-state index contributed by atoms with van der Waals surface area (Å²) in [7, 11) is 0. The molecule has 2 aromatic carbocycles. The second kappa shape index (κ2) is 9.03. The smallest absolute Gasteiger partial charge is 0.257 e. The molecule has 35 heavy (non-hydrogen) atoms. The van der Waals surface area contributed by atoms with Crippen molar-refractivity contribution in [3.8, 4) is 0 Å². The SMILES string of the molecule is CC(C)(F)c1nc(N2C[C@H]3CSC(NC(=O)c4ccccc4)=NC3(c3ccccc3)C2)ncc1F. The quantitative estimate of drug-likeness (QED) is 0.571. The van der Waals surface area contributed by atoms with E-state index >= 15 is 0 Å². The van der Waals surface area contributed by atoms with Gasteiger partial charge in [0, 0.05) is 23.8 Å². The van der Waals surface area contributed by atoms with Crippen molar-refractivity contribution in [2.24, 2.45) is 10.9 Å². The van der Waals surface area contributed by atoms with Gasteiger partial charge in [-0.15, -0.1) is 0 Å². The number of nitrogens with zero attached hydrogens (tertiary/aromatic N) is 4. The number of aliphatic imine (C=N–C) groups is 1. The average molecular weight is 494 g/mol. The molecule has 1 amide bonds. The minimum Gasteiger partial charge on any atom is -0.338 e. The Labute approximate surface area is 206 Å². The molecule has 5 rings (SSSR count). The van der Waals surface area contributed by atoms with Crippen LogP contribution in [0.25, 0.3) is 0 Å². The lowest BCUT2D eigenvalue weighted by atomic mass is 9.82. The van der Waals surface area contributed by atoms with Gasteiger partial charge in [0.1, 0.15) is 16.9 Å². The highest BCUT2D eigenvalue weighted by Crippen LogP contribution is 2.46. The summed E-state index contributed by atoms with van der Waals surface area (Å²) in [4.78, 5) is 28.2. The third kappa shape index (κ3) is 4.52. The molecule has 0 spiro atoms. The first kappa shape index (κ1) is 23.4. The van der Waals surface area contributed by atoms with Crippen LogP contribution in [0, 0.1) is 11.7 Å². The summed E-state index contributed by atoms with van der Waals surface area (Å²) in [5.74, 6) is 0.0805. The Balaban J connectivity index is 1.50. The number of alkyl halides is 1. The largest absolute Gasteiger partial charge is 0.338 e. The van der Waals surface area contributed by atoms with E-state index in [9.17, 15) is 13.6 Å². The van der Waals surface area contributed by atoms with E-state index in [0.717, 1.165) is 11.8 Å². The number of fused-ring (bicyclic) bond motifs is 1. The summed E-state index contributed by atoms with van der Waals surface area (Å²) in [6.45, 7) is 3.55. The molecule has 0 saturated carbocycles. The molecule has 1 unspecified atom stereocenters. The van der Waals surface area contributed by atoms with Crippen molar-refractivity contribution in [3.05, 3.63) is 89.5 Å². The molecule has 2 aliphatic heterocycles. The Hall–Kier alpha value is -3.33. The summed E-state index contributed by atoms with van der Waals surface area (Å²) in [6, 6.07) is 18.9.